The smallest absolute Gasteiger partial charge is 0.228 e. The molecule has 0 N–H and O–H groups in total. The standard InChI is InChI=1S/C17H30N2O2/c1-17(7-8-17)16(20)19(15-5-13-21-14-6-15)12-4-11-18-9-2-3-10-18/h15H,2-14H2,1H3. The van der Waals surface area contributed by atoms with Crippen LogP contribution in [0.15, 0.2) is 0 Å². The molecule has 1 amide bonds. The maximum atomic E-state index is 12.8. The van der Waals surface area contributed by atoms with Crippen LogP contribution in [0.1, 0.15) is 51.9 Å². The number of rotatable bonds is 6. The van der Waals surface area contributed by atoms with E-state index in [-0.39, 0.29) is 5.41 Å². The molecule has 4 heteroatoms. The van der Waals surface area contributed by atoms with Gasteiger partial charge in [-0.15, -0.1) is 0 Å². The van der Waals surface area contributed by atoms with Gasteiger partial charge in [-0.3, -0.25) is 4.79 Å². The van der Waals surface area contributed by atoms with E-state index >= 15 is 0 Å². The summed E-state index contributed by atoms with van der Waals surface area (Å²) in [5, 5.41) is 0. The minimum absolute atomic E-state index is 0.0358. The average molecular weight is 294 g/mol. The Morgan fingerprint density at radius 3 is 2.52 bits per heavy atom. The monoisotopic (exact) mass is 294 g/mol. The highest BCUT2D eigenvalue weighted by Gasteiger charge is 2.48. The van der Waals surface area contributed by atoms with Crippen molar-refractivity contribution in [3.05, 3.63) is 0 Å². The van der Waals surface area contributed by atoms with E-state index in [2.05, 4.69) is 16.7 Å². The van der Waals surface area contributed by atoms with Crippen molar-refractivity contribution in [1.29, 1.82) is 0 Å². The number of carbonyl (C=O) groups is 1. The van der Waals surface area contributed by atoms with Gasteiger partial charge in [0, 0.05) is 31.2 Å². The molecule has 0 radical (unpaired) electrons. The molecule has 21 heavy (non-hydrogen) atoms. The Morgan fingerprint density at radius 1 is 1.24 bits per heavy atom. The summed E-state index contributed by atoms with van der Waals surface area (Å²) in [5.41, 5.74) is -0.0358. The third-order valence-electron chi connectivity index (χ3n) is 5.48. The molecule has 0 spiro atoms. The molecule has 0 unspecified atom stereocenters. The minimum atomic E-state index is -0.0358. The highest BCUT2D eigenvalue weighted by atomic mass is 16.5. The summed E-state index contributed by atoms with van der Waals surface area (Å²) < 4.78 is 5.47. The lowest BCUT2D eigenvalue weighted by Gasteiger charge is -2.36. The lowest BCUT2D eigenvalue weighted by molar-refractivity contribution is -0.140. The molecule has 0 aromatic carbocycles. The van der Waals surface area contributed by atoms with Crippen LogP contribution in [0, 0.1) is 5.41 Å². The summed E-state index contributed by atoms with van der Waals surface area (Å²) in [6.07, 6.45) is 8.02. The normalized spacial score (nSPS) is 26.0. The second kappa shape index (κ2) is 6.66. The molecular weight excluding hydrogens is 264 g/mol. The molecule has 120 valence electrons. The molecule has 2 saturated heterocycles. The quantitative estimate of drug-likeness (QED) is 0.753. The highest BCUT2D eigenvalue weighted by molar-refractivity contribution is 5.85. The van der Waals surface area contributed by atoms with Crippen LogP contribution >= 0.6 is 0 Å². The van der Waals surface area contributed by atoms with Gasteiger partial charge in [-0.2, -0.15) is 0 Å². The molecule has 0 aromatic rings. The van der Waals surface area contributed by atoms with Crippen molar-refractivity contribution in [2.75, 3.05) is 39.4 Å². The number of hydrogen-bond acceptors (Lipinski definition) is 3. The molecule has 0 aromatic heterocycles. The van der Waals surface area contributed by atoms with E-state index in [1.165, 1.54) is 25.9 Å². The number of ether oxygens (including phenoxy) is 1. The van der Waals surface area contributed by atoms with Crippen LogP contribution in [-0.4, -0.2) is 61.1 Å². The lowest BCUT2D eigenvalue weighted by atomic mass is 10.0. The molecule has 3 aliphatic rings. The van der Waals surface area contributed by atoms with Crippen molar-refractivity contribution in [2.45, 2.75) is 57.9 Å². The largest absolute Gasteiger partial charge is 0.381 e. The zero-order valence-electron chi connectivity index (χ0n) is 13.5. The van der Waals surface area contributed by atoms with Gasteiger partial charge in [0.15, 0.2) is 0 Å². The van der Waals surface area contributed by atoms with Crippen molar-refractivity contribution in [1.82, 2.24) is 9.80 Å². The van der Waals surface area contributed by atoms with Crippen molar-refractivity contribution in [3.63, 3.8) is 0 Å². The number of carbonyl (C=O) groups excluding carboxylic acids is 1. The third kappa shape index (κ3) is 3.78. The zero-order chi connectivity index (χ0) is 14.7. The molecule has 3 rings (SSSR count). The zero-order valence-corrected chi connectivity index (χ0v) is 13.5. The van der Waals surface area contributed by atoms with Gasteiger partial charge < -0.3 is 14.5 Å². The van der Waals surface area contributed by atoms with Crippen molar-refractivity contribution in [3.8, 4) is 0 Å². The van der Waals surface area contributed by atoms with Gasteiger partial charge >= 0.3 is 0 Å². The maximum Gasteiger partial charge on any atom is 0.228 e. The fraction of sp³-hybridized carbons (Fsp3) is 0.941. The Labute approximate surface area is 128 Å². The maximum absolute atomic E-state index is 12.8. The summed E-state index contributed by atoms with van der Waals surface area (Å²) in [6.45, 7) is 8.38. The van der Waals surface area contributed by atoms with Gasteiger partial charge in [-0.1, -0.05) is 6.92 Å². The summed E-state index contributed by atoms with van der Waals surface area (Å²) >= 11 is 0. The third-order valence-corrected chi connectivity index (χ3v) is 5.48. The first kappa shape index (κ1) is 15.3. The van der Waals surface area contributed by atoms with Gasteiger partial charge in [0.25, 0.3) is 0 Å². The van der Waals surface area contributed by atoms with E-state index in [4.69, 9.17) is 4.74 Å². The second-order valence-electron chi connectivity index (χ2n) is 7.31. The number of likely N-dealkylation sites (tertiary alicyclic amines) is 1. The molecule has 4 nitrogen and oxygen atoms in total. The van der Waals surface area contributed by atoms with E-state index in [0.717, 1.165) is 58.4 Å². The summed E-state index contributed by atoms with van der Waals surface area (Å²) in [5.74, 6) is 0.413. The van der Waals surface area contributed by atoms with Crippen LogP contribution in [0.4, 0.5) is 0 Å². The lowest BCUT2D eigenvalue weighted by Crippen LogP contribution is -2.47. The molecule has 1 aliphatic carbocycles. The Morgan fingerprint density at radius 2 is 1.90 bits per heavy atom. The number of nitrogens with zero attached hydrogens (tertiary/aromatic N) is 2. The summed E-state index contributed by atoms with van der Waals surface area (Å²) in [7, 11) is 0. The van der Waals surface area contributed by atoms with Crippen LogP contribution in [0.2, 0.25) is 0 Å². The fourth-order valence-electron chi connectivity index (χ4n) is 3.67. The van der Waals surface area contributed by atoms with Crippen molar-refractivity contribution in [2.24, 2.45) is 5.41 Å². The van der Waals surface area contributed by atoms with Crippen LogP contribution in [0.3, 0.4) is 0 Å². The predicted molar refractivity (Wildman–Crippen MR) is 83.2 cm³/mol. The Bertz CT molecular complexity index is 356. The molecule has 2 heterocycles. The van der Waals surface area contributed by atoms with Crippen LogP contribution in [-0.2, 0) is 9.53 Å². The van der Waals surface area contributed by atoms with E-state index in [1.807, 2.05) is 0 Å². The topological polar surface area (TPSA) is 32.8 Å². The average Bonchev–Trinajstić information content (AvgIpc) is 3.05. The van der Waals surface area contributed by atoms with E-state index in [0.29, 0.717) is 11.9 Å². The van der Waals surface area contributed by atoms with Crippen LogP contribution < -0.4 is 0 Å². The van der Waals surface area contributed by atoms with Crippen LogP contribution in [0.25, 0.3) is 0 Å². The SMILES string of the molecule is CC1(C(=O)N(CCCN2CCCC2)C2CCOCC2)CC1. The van der Waals surface area contributed by atoms with Gasteiger partial charge in [0.2, 0.25) is 5.91 Å². The Hall–Kier alpha value is -0.610. The van der Waals surface area contributed by atoms with Gasteiger partial charge in [0.1, 0.15) is 0 Å². The first-order valence-corrected chi connectivity index (χ1v) is 8.80. The number of amides is 1. The Kier molecular flexibility index (Phi) is 4.85. The van der Waals surface area contributed by atoms with Gasteiger partial charge in [0.05, 0.1) is 0 Å². The highest BCUT2D eigenvalue weighted by Crippen LogP contribution is 2.47. The van der Waals surface area contributed by atoms with E-state index in [9.17, 15) is 4.79 Å². The first-order valence-electron chi connectivity index (χ1n) is 8.80. The molecule has 3 fully saturated rings. The molecule has 1 saturated carbocycles. The molecule has 2 aliphatic heterocycles. The number of hydrogen-bond donors (Lipinski definition) is 0. The molecule has 0 bridgehead atoms. The minimum Gasteiger partial charge on any atom is -0.381 e. The summed E-state index contributed by atoms with van der Waals surface area (Å²) in [6, 6.07) is 0.419. The molecular formula is C17H30N2O2. The Balaban J connectivity index is 1.54. The summed E-state index contributed by atoms with van der Waals surface area (Å²) in [4.78, 5) is 17.6. The first-order chi connectivity index (χ1) is 10.2. The van der Waals surface area contributed by atoms with Crippen molar-refractivity contribution < 1.29 is 9.53 Å². The predicted octanol–water partition coefficient (Wildman–Crippen LogP) is 2.28. The van der Waals surface area contributed by atoms with Gasteiger partial charge in [-0.05, 0) is 64.6 Å². The molecule has 0 atom stereocenters. The van der Waals surface area contributed by atoms with Gasteiger partial charge in [-0.25, -0.2) is 0 Å². The second-order valence-corrected chi connectivity index (χ2v) is 7.31. The van der Waals surface area contributed by atoms with E-state index in [1.54, 1.807) is 0 Å². The van der Waals surface area contributed by atoms with Crippen molar-refractivity contribution >= 4 is 5.91 Å². The van der Waals surface area contributed by atoms with E-state index < -0.39 is 0 Å². The fourth-order valence-corrected chi connectivity index (χ4v) is 3.67. The van der Waals surface area contributed by atoms with Crippen LogP contribution in [0.5, 0.6) is 0 Å².